The number of aliphatic hydroxyl groups excluding tert-OH is 1. The third-order valence-corrected chi connectivity index (χ3v) is 3.51. The minimum Gasteiger partial charge on any atom is -0.391 e. The molecule has 0 heterocycles. The summed E-state index contributed by atoms with van der Waals surface area (Å²) in [6, 6.07) is 19.7. The van der Waals surface area contributed by atoms with Crippen molar-refractivity contribution in [3.05, 3.63) is 71.3 Å². The molecule has 0 saturated carbocycles. The Morgan fingerprint density at radius 1 is 1.10 bits per heavy atom. The molecule has 0 unspecified atom stereocenters. The number of rotatable bonds is 6. The largest absolute Gasteiger partial charge is 0.391 e. The van der Waals surface area contributed by atoms with Gasteiger partial charge in [0.15, 0.2) is 0 Å². The van der Waals surface area contributed by atoms with Crippen LogP contribution in [0.4, 0.5) is 0 Å². The van der Waals surface area contributed by atoms with Gasteiger partial charge in [-0.15, -0.1) is 0 Å². The van der Waals surface area contributed by atoms with E-state index in [9.17, 15) is 5.11 Å². The van der Waals surface area contributed by atoms with E-state index >= 15 is 0 Å². The lowest BCUT2D eigenvalue weighted by atomic mass is 10.1. The summed E-state index contributed by atoms with van der Waals surface area (Å²) in [7, 11) is 0. The summed E-state index contributed by atoms with van der Waals surface area (Å²) >= 11 is 0. The molecule has 0 bridgehead atoms. The molecule has 2 rings (SSSR count). The van der Waals surface area contributed by atoms with Crippen molar-refractivity contribution in [3.63, 3.8) is 0 Å². The van der Waals surface area contributed by atoms with Gasteiger partial charge in [0, 0.05) is 12.6 Å². The van der Waals surface area contributed by atoms with Crippen molar-refractivity contribution in [3.8, 4) is 6.07 Å². The van der Waals surface area contributed by atoms with Gasteiger partial charge in [-0.05, 0) is 36.6 Å². The van der Waals surface area contributed by atoms with Crippen molar-refractivity contribution in [2.75, 3.05) is 6.54 Å². The fraction of sp³-hybridized carbons (Fsp3) is 0.278. The van der Waals surface area contributed by atoms with Gasteiger partial charge in [0.05, 0.1) is 17.7 Å². The number of nitrogens with one attached hydrogen (secondary N) is 1. The van der Waals surface area contributed by atoms with E-state index in [2.05, 4.69) is 18.3 Å². The molecule has 21 heavy (non-hydrogen) atoms. The molecule has 0 amide bonds. The van der Waals surface area contributed by atoms with Crippen LogP contribution in [0.5, 0.6) is 0 Å². The van der Waals surface area contributed by atoms with Crippen molar-refractivity contribution >= 4 is 0 Å². The second-order valence-corrected chi connectivity index (χ2v) is 5.21. The van der Waals surface area contributed by atoms with E-state index in [1.54, 1.807) is 0 Å². The van der Waals surface area contributed by atoms with E-state index in [0.717, 1.165) is 11.1 Å². The molecule has 0 fully saturated rings. The minimum absolute atomic E-state index is 0.142. The average molecular weight is 280 g/mol. The molecule has 0 aliphatic heterocycles. The molecule has 0 radical (unpaired) electrons. The smallest absolute Gasteiger partial charge is 0.0991 e. The zero-order valence-corrected chi connectivity index (χ0v) is 12.2. The summed E-state index contributed by atoms with van der Waals surface area (Å²) in [5.74, 6) is 0. The molecular formula is C18H20N2O. The van der Waals surface area contributed by atoms with Crippen LogP contribution in [0.25, 0.3) is 0 Å². The number of hydrogen-bond acceptors (Lipinski definition) is 3. The molecule has 2 N–H and O–H groups in total. The number of benzene rings is 2. The van der Waals surface area contributed by atoms with Crippen LogP contribution in [-0.2, 0) is 6.42 Å². The van der Waals surface area contributed by atoms with Gasteiger partial charge >= 0.3 is 0 Å². The second-order valence-electron chi connectivity index (χ2n) is 5.21. The van der Waals surface area contributed by atoms with E-state index in [4.69, 9.17) is 5.26 Å². The first-order chi connectivity index (χ1) is 10.2. The maximum atomic E-state index is 10.1. The highest BCUT2D eigenvalue weighted by atomic mass is 16.3. The SMILES string of the molecule is C[C@H](NC[C@H](O)Cc1ccccc1)c1ccc(C#N)cc1. The summed E-state index contributed by atoms with van der Waals surface area (Å²) in [5.41, 5.74) is 2.91. The molecule has 2 aromatic rings. The second kappa shape index (κ2) is 7.58. The average Bonchev–Trinajstić information content (AvgIpc) is 2.53. The maximum absolute atomic E-state index is 10.1. The van der Waals surface area contributed by atoms with Gasteiger partial charge in [0.1, 0.15) is 0 Å². The zero-order chi connectivity index (χ0) is 15.1. The third-order valence-electron chi connectivity index (χ3n) is 3.51. The van der Waals surface area contributed by atoms with Gasteiger partial charge in [-0.25, -0.2) is 0 Å². The van der Waals surface area contributed by atoms with Crippen LogP contribution >= 0.6 is 0 Å². The molecule has 108 valence electrons. The van der Waals surface area contributed by atoms with Crippen LogP contribution in [0.15, 0.2) is 54.6 Å². The Morgan fingerprint density at radius 3 is 2.38 bits per heavy atom. The molecule has 0 aromatic heterocycles. The topological polar surface area (TPSA) is 56.0 Å². The van der Waals surface area contributed by atoms with Crippen LogP contribution in [0.1, 0.15) is 29.7 Å². The molecular weight excluding hydrogens is 260 g/mol. The highest BCUT2D eigenvalue weighted by molar-refractivity contribution is 5.32. The molecule has 0 saturated heterocycles. The quantitative estimate of drug-likeness (QED) is 0.855. The van der Waals surface area contributed by atoms with Gasteiger partial charge in [0.25, 0.3) is 0 Å². The summed E-state index contributed by atoms with van der Waals surface area (Å²) in [6.07, 6.45) is 0.238. The lowest BCUT2D eigenvalue weighted by molar-refractivity contribution is 0.168. The first-order valence-corrected chi connectivity index (χ1v) is 7.14. The number of nitrogens with zero attached hydrogens (tertiary/aromatic N) is 1. The molecule has 3 heteroatoms. The Morgan fingerprint density at radius 2 is 1.76 bits per heavy atom. The lowest BCUT2D eigenvalue weighted by Gasteiger charge is -2.17. The van der Waals surface area contributed by atoms with Crippen molar-refractivity contribution in [1.29, 1.82) is 5.26 Å². The van der Waals surface area contributed by atoms with Crippen LogP contribution in [0, 0.1) is 11.3 Å². The first-order valence-electron chi connectivity index (χ1n) is 7.14. The molecule has 2 aromatic carbocycles. The number of hydrogen-bond donors (Lipinski definition) is 2. The summed E-state index contributed by atoms with van der Waals surface area (Å²) in [5, 5.41) is 22.2. The monoisotopic (exact) mass is 280 g/mol. The Labute approximate surface area is 125 Å². The van der Waals surface area contributed by atoms with Crippen molar-refractivity contribution < 1.29 is 5.11 Å². The standard InChI is InChI=1S/C18H20N2O/c1-14(17-9-7-16(12-19)8-10-17)20-13-18(21)11-15-5-3-2-4-6-15/h2-10,14,18,20-21H,11,13H2,1H3/t14-,18+/m0/s1. The summed E-state index contributed by atoms with van der Waals surface area (Å²) in [4.78, 5) is 0. The van der Waals surface area contributed by atoms with Crippen LogP contribution in [0.2, 0.25) is 0 Å². The predicted octanol–water partition coefficient (Wildman–Crippen LogP) is 2.81. The molecule has 0 aliphatic rings. The Hall–Kier alpha value is -2.15. The highest BCUT2D eigenvalue weighted by Crippen LogP contribution is 2.13. The maximum Gasteiger partial charge on any atom is 0.0991 e. The predicted molar refractivity (Wildman–Crippen MR) is 83.7 cm³/mol. The fourth-order valence-corrected chi connectivity index (χ4v) is 2.24. The van der Waals surface area contributed by atoms with E-state index in [1.807, 2.05) is 54.6 Å². The normalized spacial score (nSPS) is 13.4. The summed E-state index contributed by atoms with van der Waals surface area (Å²) < 4.78 is 0. The van der Waals surface area contributed by atoms with Gasteiger partial charge < -0.3 is 10.4 Å². The fourth-order valence-electron chi connectivity index (χ4n) is 2.24. The van der Waals surface area contributed by atoms with Crippen molar-refractivity contribution in [2.24, 2.45) is 0 Å². The highest BCUT2D eigenvalue weighted by Gasteiger charge is 2.09. The Kier molecular flexibility index (Phi) is 5.51. The van der Waals surface area contributed by atoms with Gasteiger partial charge in [-0.3, -0.25) is 0 Å². The molecule has 3 nitrogen and oxygen atoms in total. The summed E-state index contributed by atoms with van der Waals surface area (Å²) in [6.45, 7) is 2.59. The number of aliphatic hydroxyl groups is 1. The van der Waals surface area contributed by atoms with Crippen LogP contribution < -0.4 is 5.32 Å². The van der Waals surface area contributed by atoms with Gasteiger partial charge in [-0.2, -0.15) is 5.26 Å². The van der Waals surface area contributed by atoms with Gasteiger partial charge in [-0.1, -0.05) is 42.5 Å². The Balaban J connectivity index is 1.82. The van der Waals surface area contributed by atoms with Gasteiger partial charge in [0.2, 0.25) is 0 Å². The van der Waals surface area contributed by atoms with E-state index in [-0.39, 0.29) is 6.04 Å². The molecule has 0 aliphatic carbocycles. The number of nitriles is 1. The van der Waals surface area contributed by atoms with Crippen molar-refractivity contribution in [1.82, 2.24) is 5.32 Å². The van der Waals surface area contributed by atoms with Crippen molar-refractivity contribution in [2.45, 2.75) is 25.5 Å². The van der Waals surface area contributed by atoms with Crippen LogP contribution in [0.3, 0.4) is 0 Å². The lowest BCUT2D eigenvalue weighted by Crippen LogP contribution is -2.30. The Bertz CT molecular complexity index is 587. The van der Waals surface area contributed by atoms with Crippen LogP contribution in [-0.4, -0.2) is 17.8 Å². The molecule has 2 atom stereocenters. The van der Waals surface area contributed by atoms with E-state index < -0.39 is 6.10 Å². The third kappa shape index (κ3) is 4.71. The minimum atomic E-state index is -0.409. The first kappa shape index (κ1) is 15.2. The van der Waals surface area contributed by atoms with E-state index in [0.29, 0.717) is 18.5 Å². The van der Waals surface area contributed by atoms with E-state index in [1.165, 1.54) is 0 Å². The molecule has 0 spiro atoms. The zero-order valence-electron chi connectivity index (χ0n) is 12.2.